The Balaban J connectivity index is 2.95. The summed E-state index contributed by atoms with van der Waals surface area (Å²) < 4.78 is 13.2. The van der Waals surface area contributed by atoms with Crippen LogP contribution in [0.4, 0.5) is 5.95 Å². The first-order valence-electron chi connectivity index (χ1n) is 30.1. The Hall–Kier alpha value is -1.63. The first-order valence-corrected chi connectivity index (χ1v) is 30.1. The molecule has 0 radical (unpaired) electrons. The van der Waals surface area contributed by atoms with Crippen LogP contribution in [0.2, 0.25) is 0 Å². The quantitative estimate of drug-likeness (QED) is 0.0628. The highest BCUT2D eigenvalue weighted by molar-refractivity contribution is 5.27. The van der Waals surface area contributed by atoms with Gasteiger partial charge in [-0.05, 0) is 56.9 Å². The molecule has 66 heavy (non-hydrogen) atoms. The number of hydrogen-bond donors (Lipinski definition) is 2. The summed E-state index contributed by atoms with van der Waals surface area (Å²) in [5.41, 5.74) is 5.72. The lowest BCUT2D eigenvalue weighted by atomic mass is 9.94. The van der Waals surface area contributed by atoms with Crippen molar-refractivity contribution < 1.29 is 9.47 Å². The molecule has 0 bridgehead atoms. The third kappa shape index (κ3) is 42.5. The second kappa shape index (κ2) is 51.2. The lowest BCUT2D eigenvalue weighted by Crippen LogP contribution is -2.17. The summed E-state index contributed by atoms with van der Waals surface area (Å²) >= 11 is 0. The molecule has 0 aliphatic carbocycles. The predicted octanol–water partition coefficient (Wildman–Crippen LogP) is 19.3. The fourth-order valence-electron chi connectivity index (χ4n) is 9.70. The zero-order chi connectivity index (χ0) is 47.5. The summed E-state index contributed by atoms with van der Waals surface area (Å²) in [5, 5.41) is 3.54. The topological polar surface area (TPSA) is 95.2 Å². The molecule has 1 aromatic rings. The van der Waals surface area contributed by atoms with Crippen molar-refractivity contribution in [3.05, 3.63) is 0 Å². The molecule has 0 fully saturated rings. The second-order valence-electron chi connectivity index (χ2n) is 20.9. The fourth-order valence-corrected chi connectivity index (χ4v) is 9.70. The molecule has 0 spiro atoms. The Morgan fingerprint density at radius 1 is 0.333 bits per heavy atom. The summed E-state index contributed by atoms with van der Waals surface area (Å²) in [6.07, 6.45) is 61.4. The monoisotopic (exact) mass is 928 g/mol. The first-order chi connectivity index (χ1) is 32.7. The molecule has 7 heteroatoms. The number of aromatic nitrogens is 3. The molecule has 1 rings (SSSR count). The molecule has 0 saturated heterocycles. The van der Waals surface area contributed by atoms with E-state index in [1.165, 1.54) is 283 Å². The summed E-state index contributed by atoms with van der Waals surface area (Å²) in [7, 11) is 0. The number of hydrogen-bond acceptors (Lipinski definition) is 7. The highest BCUT2D eigenvalue weighted by Crippen LogP contribution is 2.25. The van der Waals surface area contributed by atoms with Crippen LogP contribution in [0.5, 0.6) is 12.0 Å². The van der Waals surface area contributed by atoms with Crippen molar-refractivity contribution >= 4 is 5.95 Å². The highest BCUT2D eigenvalue weighted by atomic mass is 16.5. The third-order valence-electron chi connectivity index (χ3n) is 14.3. The Morgan fingerprint density at radius 3 is 0.879 bits per heavy atom. The van der Waals surface area contributed by atoms with Gasteiger partial charge in [0.15, 0.2) is 0 Å². The summed E-state index contributed by atoms with van der Waals surface area (Å²) in [4.78, 5) is 14.5. The zero-order valence-electron chi connectivity index (χ0n) is 45.2. The summed E-state index contributed by atoms with van der Waals surface area (Å²) in [6, 6.07) is 0.866. The molecule has 0 aromatic carbocycles. The minimum Gasteiger partial charge on any atom is -0.463 e. The Kier molecular flexibility index (Phi) is 48.4. The Labute approximate surface area is 413 Å². The predicted molar refractivity (Wildman–Crippen MR) is 290 cm³/mol. The first kappa shape index (κ1) is 62.4. The van der Waals surface area contributed by atoms with E-state index in [1.807, 2.05) is 0 Å². The second-order valence-corrected chi connectivity index (χ2v) is 20.9. The van der Waals surface area contributed by atoms with E-state index in [2.05, 4.69) is 33.0 Å². The number of rotatable bonds is 55. The molecular weight excluding hydrogens is 811 g/mol. The van der Waals surface area contributed by atoms with Gasteiger partial charge in [0, 0.05) is 6.54 Å². The SMILES string of the molecule is CCCCCCCCCCCCC(CCCCCCCCCC)COc1nc(NCCCCCCCCN)nc(OCC(CCCCCCCCCC)CCCCCCCCCCCC)n1. The largest absolute Gasteiger partial charge is 0.463 e. The number of anilines is 1. The van der Waals surface area contributed by atoms with Crippen LogP contribution in [0, 0.1) is 11.8 Å². The lowest BCUT2D eigenvalue weighted by Gasteiger charge is -2.19. The standard InChI is InChI=1S/C59H117N5O2/c1-5-9-13-17-21-25-27-31-37-43-49-55(47-41-35-29-23-19-15-11-7-3)53-65-58-62-57(61-52-46-40-34-33-39-45-51-60)63-59(64-58)66-54-56(48-42-36-30-24-20-16-12-8-4)50-44-38-32-28-26-22-18-14-10-6-2/h55-56H,5-54,60H2,1-4H3,(H,61,62,63,64). The van der Waals surface area contributed by atoms with Gasteiger partial charge in [0.25, 0.3) is 0 Å². The van der Waals surface area contributed by atoms with Crippen molar-refractivity contribution in [1.29, 1.82) is 0 Å². The smallest absolute Gasteiger partial charge is 0.324 e. The third-order valence-corrected chi connectivity index (χ3v) is 14.3. The van der Waals surface area contributed by atoms with Gasteiger partial charge in [0.1, 0.15) is 0 Å². The molecule has 0 amide bonds. The van der Waals surface area contributed by atoms with Gasteiger partial charge < -0.3 is 20.5 Å². The molecule has 2 unspecified atom stereocenters. The van der Waals surface area contributed by atoms with Crippen LogP contribution >= 0.6 is 0 Å². The molecule has 0 saturated carbocycles. The van der Waals surface area contributed by atoms with Crippen molar-refractivity contribution in [3.63, 3.8) is 0 Å². The van der Waals surface area contributed by atoms with Crippen LogP contribution in [-0.2, 0) is 0 Å². The molecular formula is C59H117N5O2. The maximum Gasteiger partial charge on any atom is 0.324 e. The van der Waals surface area contributed by atoms with E-state index in [4.69, 9.17) is 30.2 Å². The maximum atomic E-state index is 6.58. The highest BCUT2D eigenvalue weighted by Gasteiger charge is 2.16. The van der Waals surface area contributed by atoms with Crippen molar-refractivity contribution in [2.24, 2.45) is 17.6 Å². The van der Waals surface area contributed by atoms with Crippen LogP contribution in [0.1, 0.15) is 323 Å². The van der Waals surface area contributed by atoms with Gasteiger partial charge in [0.05, 0.1) is 13.2 Å². The van der Waals surface area contributed by atoms with E-state index in [0.717, 1.165) is 25.9 Å². The Morgan fingerprint density at radius 2 is 0.591 bits per heavy atom. The summed E-state index contributed by atoms with van der Waals surface area (Å²) in [6.45, 7) is 12.2. The number of nitrogens with one attached hydrogen (secondary N) is 1. The van der Waals surface area contributed by atoms with E-state index in [0.29, 0.717) is 43.0 Å². The molecule has 0 aliphatic heterocycles. The van der Waals surface area contributed by atoms with Crippen molar-refractivity contribution in [3.8, 4) is 12.0 Å². The van der Waals surface area contributed by atoms with E-state index >= 15 is 0 Å². The number of nitrogens with two attached hydrogens (primary N) is 1. The van der Waals surface area contributed by atoms with Gasteiger partial charge in [0.2, 0.25) is 5.95 Å². The zero-order valence-corrected chi connectivity index (χ0v) is 45.2. The fraction of sp³-hybridized carbons (Fsp3) is 0.949. The van der Waals surface area contributed by atoms with Crippen LogP contribution in [0.15, 0.2) is 0 Å². The average Bonchev–Trinajstić information content (AvgIpc) is 3.33. The van der Waals surface area contributed by atoms with Gasteiger partial charge in [-0.15, -0.1) is 4.98 Å². The van der Waals surface area contributed by atoms with E-state index in [-0.39, 0.29) is 0 Å². The minimum atomic E-state index is 0.433. The molecule has 390 valence electrons. The molecule has 1 heterocycles. The molecule has 7 nitrogen and oxygen atoms in total. The van der Waals surface area contributed by atoms with E-state index in [1.54, 1.807) is 0 Å². The molecule has 3 N–H and O–H groups in total. The van der Waals surface area contributed by atoms with Crippen LogP contribution in [0.3, 0.4) is 0 Å². The van der Waals surface area contributed by atoms with Crippen LogP contribution in [-0.4, -0.2) is 41.3 Å². The number of ether oxygens (including phenoxy) is 2. The Bertz CT molecular complexity index is 1020. The average molecular weight is 929 g/mol. The lowest BCUT2D eigenvalue weighted by molar-refractivity contribution is 0.191. The number of nitrogens with zero attached hydrogens (tertiary/aromatic N) is 3. The van der Waals surface area contributed by atoms with Crippen molar-refractivity contribution in [2.75, 3.05) is 31.6 Å². The van der Waals surface area contributed by atoms with Crippen LogP contribution in [0.25, 0.3) is 0 Å². The normalized spacial score (nSPS) is 12.5. The van der Waals surface area contributed by atoms with Crippen LogP contribution < -0.4 is 20.5 Å². The molecule has 0 aliphatic rings. The molecule has 2 atom stereocenters. The van der Waals surface area contributed by atoms with Gasteiger partial charge >= 0.3 is 12.0 Å². The van der Waals surface area contributed by atoms with Crippen molar-refractivity contribution in [1.82, 2.24) is 15.0 Å². The maximum absolute atomic E-state index is 6.58. The van der Waals surface area contributed by atoms with E-state index in [9.17, 15) is 0 Å². The van der Waals surface area contributed by atoms with Gasteiger partial charge in [-0.25, -0.2) is 0 Å². The van der Waals surface area contributed by atoms with Gasteiger partial charge in [-0.3, -0.25) is 0 Å². The summed E-state index contributed by atoms with van der Waals surface area (Å²) in [5.74, 6) is 1.67. The van der Waals surface area contributed by atoms with Crippen molar-refractivity contribution in [2.45, 2.75) is 323 Å². The van der Waals surface area contributed by atoms with E-state index < -0.39 is 0 Å². The molecule has 1 aromatic heterocycles. The number of unbranched alkanes of at least 4 members (excludes halogenated alkanes) is 37. The minimum absolute atomic E-state index is 0.433. The van der Waals surface area contributed by atoms with Gasteiger partial charge in [-0.1, -0.05) is 285 Å². The van der Waals surface area contributed by atoms with Gasteiger partial charge in [-0.2, -0.15) is 9.97 Å².